The molecule has 10 nitrogen and oxygen atoms in total. The standard InChI is InChI=1S/C32H34F4IN6O4/c1-31(2,3)47-28(46)17-39-26(44)16-38-27(45)18-42-24-12-8-11-21(29(24)30(41-42)32(34,35)36)22-14-25-19(13-23(22)33)15-40-43(25)37-20-9-6-4-5-7-10-20/h8-9,11-15H,4-7,10,16-18H2,1-3H3,(H,38,45)(H,39,44)/q-1. The molecule has 2 N–H and O–H groups in total. The van der Waals surface area contributed by atoms with E-state index in [2.05, 4.69) is 26.9 Å². The van der Waals surface area contributed by atoms with Gasteiger partial charge in [0.25, 0.3) is 0 Å². The Balaban J connectivity index is 1.40. The summed E-state index contributed by atoms with van der Waals surface area (Å²) in [5.74, 6) is -2.88. The molecule has 0 unspecified atom stereocenters. The number of hydrogen-bond acceptors (Lipinski definition) is 6. The number of benzene rings is 2. The molecule has 1 aliphatic carbocycles. The summed E-state index contributed by atoms with van der Waals surface area (Å²) in [6.07, 6.45) is 4.25. The molecule has 1 aliphatic rings. The molecule has 0 radical (unpaired) electrons. The first-order valence-corrected chi connectivity index (χ1v) is 17.1. The minimum absolute atomic E-state index is 0.0259. The molecule has 0 bridgehead atoms. The Bertz CT molecular complexity index is 1860. The Morgan fingerprint density at radius 2 is 1.74 bits per heavy atom. The van der Waals surface area contributed by atoms with Gasteiger partial charge in [0.2, 0.25) is 5.91 Å². The number of alkyl halides is 3. The first-order chi connectivity index (χ1) is 22.2. The zero-order chi connectivity index (χ0) is 33.9. The number of carbonyl (C=O) groups excluding carboxylic acids is 3. The van der Waals surface area contributed by atoms with Crippen molar-refractivity contribution in [3.63, 3.8) is 0 Å². The molecule has 4 aromatic rings. The number of amides is 2. The van der Waals surface area contributed by atoms with Gasteiger partial charge in [-0.25, -0.2) is 0 Å². The van der Waals surface area contributed by atoms with Crippen LogP contribution in [0.2, 0.25) is 0 Å². The van der Waals surface area contributed by atoms with Crippen molar-refractivity contribution in [1.82, 2.24) is 28.4 Å². The van der Waals surface area contributed by atoms with Crippen molar-refractivity contribution in [1.29, 1.82) is 0 Å². The quantitative estimate of drug-likeness (QED) is 0.154. The predicted molar refractivity (Wildman–Crippen MR) is 162 cm³/mol. The van der Waals surface area contributed by atoms with Crippen LogP contribution in [0.25, 0.3) is 32.9 Å². The third-order valence-corrected chi connectivity index (χ3v) is 10.0. The topological polar surface area (TPSA) is 120 Å². The molecule has 15 heteroatoms. The maximum absolute atomic E-state index is 15.6. The van der Waals surface area contributed by atoms with Gasteiger partial charge in [0, 0.05) is 0 Å². The van der Waals surface area contributed by atoms with Gasteiger partial charge in [-0.15, -0.1) is 0 Å². The summed E-state index contributed by atoms with van der Waals surface area (Å²) in [7, 11) is 0. The van der Waals surface area contributed by atoms with Crippen molar-refractivity contribution in [2.45, 2.75) is 71.2 Å². The van der Waals surface area contributed by atoms with Crippen molar-refractivity contribution < 1.29 is 58.2 Å². The molecule has 0 fully saturated rings. The summed E-state index contributed by atoms with van der Waals surface area (Å²) < 4.78 is 67.8. The van der Waals surface area contributed by atoms with Gasteiger partial charge in [0.1, 0.15) is 12.1 Å². The van der Waals surface area contributed by atoms with E-state index < -0.39 is 82.2 Å². The van der Waals surface area contributed by atoms with E-state index in [1.165, 1.54) is 33.9 Å². The second kappa shape index (κ2) is 14.0. The van der Waals surface area contributed by atoms with Gasteiger partial charge in [0.15, 0.2) is 0 Å². The van der Waals surface area contributed by atoms with E-state index in [4.69, 9.17) is 4.74 Å². The number of rotatable bonds is 9. The molecule has 2 aromatic heterocycles. The molecule has 2 amide bonds. The zero-order valence-corrected chi connectivity index (χ0v) is 28.2. The minimum atomic E-state index is -4.92. The van der Waals surface area contributed by atoms with E-state index in [1.54, 1.807) is 27.0 Å². The number of aromatic nitrogens is 4. The second-order valence-electron chi connectivity index (χ2n) is 12.1. The SMILES string of the molecule is CC(C)(C)OC(=O)CNC(=O)CNC(=O)Cn1nc(C(F)(F)F)c2c(-c3cc4c(cnn4[I-]C4=CCCCCC4)cc3F)cccc21. The maximum atomic E-state index is 15.6. The van der Waals surface area contributed by atoms with Crippen LogP contribution in [0.1, 0.15) is 58.6 Å². The summed E-state index contributed by atoms with van der Waals surface area (Å²) in [6, 6.07) is 7.04. The van der Waals surface area contributed by atoms with E-state index in [1.807, 2.05) is 2.90 Å². The fourth-order valence-electron chi connectivity index (χ4n) is 5.20. The summed E-state index contributed by atoms with van der Waals surface area (Å²) >= 11 is -0.705. The Labute approximate surface area is 278 Å². The van der Waals surface area contributed by atoms with Crippen LogP contribution in [-0.2, 0) is 31.8 Å². The average molecular weight is 770 g/mol. The molecule has 5 rings (SSSR count). The first-order valence-electron chi connectivity index (χ1n) is 15.0. The number of hydrogen-bond donors (Lipinski definition) is 2. The summed E-state index contributed by atoms with van der Waals surface area (Å²) in [5.41, 5.74) is -1.49. The number of allylic oxidation sites excluding steroid dienone is 2. The molecule has 0 aliphatic heterocycles. The van der Waals surface area contributed by atoms with Gasteiger partial charge in [-0.05, 0) is 20.8 Å². The second-order valence-corrected chi connectivity index (χ2v) is 14.9. The Morgan fingerprint density at radius 3 is 2.49 bits per heavy atom. The number of halogens is 5. The molecular formula is C32H34F4IN6O4-. The van der Waals surface area contributed by atoms with Crippen molar-refractivity contribution in [3.05, 3.63) is 57.7 Å². The van der Waals surface area contributed by atoms with Crippen LogP contribution >= 0.6 is 0 Å². The molecule has 2 heterocycles. The number of esters is 1. The van der Waals surface area contributed by atoms with Gasteiger partial charge in [-0.2, -0.15) is 0 Å². The third-order valence-electron chi connectivity index (χ3n) is 7.21. The van der Waals surface area contributed by atoms with Crippen molar-refractivity contribution in [2.24, 2.45) is 0 Å². The molecule has 0 saturated heterocycles. The fraction of sp³-hybridized carbons (Fsp3) is 0.406. The van der Waals surface area contributed by atoms with Crippen LogP contribution in [0.5, 0.6) is 0 Å². The Kier molecular flexibility index (Phi) is 10.2. The van der Waals surface area contributed by atoms with E-state index in [9.17, 15) is 27.6 Å². The van der Waals surface area contributed by atoms with Crippen LogP contribution in [0, 0.1) is 5.82 Å². The fourth-order valence-corrected chi connectivity index (χ4v) is 7.84. The van der Waals surface area contributed by atoms with Crippen LogP contribution in [-0.4, -0.2) is 54.2 Å². The van der Waals surface area contributed by atoms with Crippen molar-refractivity contribution >= 4 is 39.6 Å². The van der Waals surface area contributed by atoms with E-state index in [0.717, 1.165) is 36.8 Å². The van der Waals surface area contributed by atoms with Crippen molar-refractivity contribution in [2.75, 3.05) is 13.1 Å². The van der Waals surface area contributed by atoms with Gasteiger partial charge in [0.05, 0.1) is 0 Å². The third kappa shape index (κ3) is 8.48. The summed E-state index contributed by atoms with van der Waals surface area (Å²) in [5, 5.41) is 13.0. The van der Waals surface area contributed by atoms with Crippen LogP contribution in [0.4, 0.5) is 17.6 Å². The van der Waals surface area contributed by atoms with Gasteiger partial charge < -0.3 is 10.1 Å². The molecule has 47 heavy (non-hydrogen) atoms. The molecule has 2 aromatic carbocycles. The van der Waals surface area contributed by atoms with Crippen LogP contribution in [0.3, 0.4) is 0 Å². The number of nitrogens with zero attached hydrogens (tertiary/aromatic N) is 4. The number of ether oxygens (including phenoxy) is 1. The van der Waals surface area contributed by atoms with Gasteiger partial charge in [-0.3, -0.25) is 9.59 Å². The van der Waals surface area contributed by atoms with Crippen LogP contribution in [0.15, 0.2) is 46.2 Å². The van der Waals surface area contributed by atoms with Crippen LogP contribution < -0.4 is 32.1 Å². The summed E-state index contributed by atoms with van der Waals surface area (Å²) in [4.78, 5) is 36.6. The monoisotopic (exact) mass is 769 g/mol. The predicted octanol–water partition coefficient (Wildman–Crippen LogP) is 2.49. The van der Waals surface area contributed by atoms with E-state index in [-0.39, 0.29) is 22.0 Å². The Hall–Kier alpha value is -4.02. The molecule has 0 atom stereocenters. The molecule has 0 spiro atoms. The van der Waals surface area contributed by atoms with Gasteiger partial charge in [-0.1, -0.05) is 0 Å². The Morgan fingerprint density at radius 1 is 0.979 bits per heavy atom. The number of carbonyl (C=O) groups is 3. The van der Waals surface area contributed by atoms with E-state index in [0.29, 0.717) is 10.9 Å². The number of nitrogens with one attached hydrogen (secondary N) is 2. The zero-order valence-electron chi connectivity index (χ0n) is 26.0. The molecular weight excluding hydrogens is 735 g/mol. The molecule has 252 valence electrons. The molecule has 0 saturated carbocycles. The van der Waals surface area contributed by atoms with Gasteiger partial charge >= 0.3 is 221 Å². The number of fused-ring (bicyclic) bond motifs is 2. The van der Waals surface area contributed by atoms with E-state index >= 15 is 4.39 Å². The summed E-state index contributed by atoms with van der Waals surface area (Å²) in [6.45, 7) is 3.41. The average Bonchev–Trinajstić information content (AvgIpc) is 3.44. The van der Waals surface area contributed by atoms with Crippen molar-refractivity contribution in [3.8, 4) is 11.1 Å². The first kappa shape index (κ1) is 34.3. The normalized spacial score (nSPS) is 14.2.